The lowest BCUT2D eigenvalue weighted by molar-refractivity contribution is 0.0240. The van der Waals surface area contributed by atoms with Gasteiger partial charge >= 0.3 is 0 Å². The van der Waals surface area contributed by atoms with E-state index in [-0.39, 0.29) is 11.9 Å². The van der Waals surface area contributed by atoms with Crippen molar-refractivity contribution < 1.29 is 9.53 Å². The molecule has 4 rings (SSSR count). The molecule has 1 aliphatic heterocycles. The molecule has 0 saturated carbocycles. The largest absolute Gasteiger partial charge is 0.379 e. The van der Waals surface area contributed by atoms with E-state index in [1.165, 1.54) is 21.8 Å². The van der Waals surface area contributed by atoms with Crippen LogP contribution in [0.25, 0.3) is 0 Å². The summed E-state index contributed by atoms with van der Waals surface area (Å²) in [6.45, 7) is 7.11. The first kappa shape index (κ1) is 21.8. The summed E-state index contributed by atoms with van der Waals surface area (Å²) in [7, 11) is 0. The maximum atomic E-state index is 12.8. The molecule has 1 atom stereocenters. The van der Waals surface area contributed by atoms with E-state index in [0.717, 1.165) is 29.2 Å². The topological polar surface area (TPSA) is 41.6 Å². The Labute approximate surface area is 194 Å². The van der Waals surface area contributed by atoms with Crippen molar-refractivity contribution in [3.05, 3.63) is 72.2 Å². The normalized spacial score (nSPS) is 15.9. The maximum Gasteiger partial charge on any atom is 0.266 e. The van der Waals surface area contributed by atoms with E-state index in [9.17, 15) is 4.79 Å². The first-order valence-electron chi connectivity index (χ1n) is 9.67. The molecule has 0 spiro atoms. The van der Waals surface area contributed by atoms with Crippen LogP contribution in [0.15, 0.2) is 35.7 Å². The summed E-state index contributed by atoms with van der Waals surface area (Å²) in [6.07, 6.45) is 0. The van der Waals surface area contributed by atoms with Crippen molar-refractivity contribution in [2.24, 2.45) is 0 Å². The van der Waals surface area contributed by atoms with E-state index in [2.05, 4.69) is 24.1 Å². The van der Waals surface area contributed by atoms with Gasteiger partial charge in [-0.1, -0.05) is 35.3 Å². The van der Waals surface area contributed by atoms with Crippen LogP contribution in [-0.2, 0) is 4.74 Å². The van der Waals surface area contributed by atoms with Gasteiger partial charge in [0.05, 0.1) is 24.1 Å². The van der Waals surface area contributed by atoms with Crippen molar-refractivity contribution in [3.63, 3.8) is 0 Å². The predicted octanol–water partition coefficient (Wildman–Crippen LogP) is 6.41. The second kappa shape index (κ2) is 9.39. The minimum Gasteiger partial charge on any atom is -0.379 e. The fourth-order valence-electron chi connectivity index (χ4n) is 3.73. The number of amides is 1. The molecule has 0 radical (unpaired) electrons. The van der Waals surface area contributed by atoms with Crippen LogP contribution in [0.2, 0.25) is 10.0 Å². The number of carbonyl (C=O) groups excluding carboxylic acids is 1. The SMILES string of the molecule is Cc1sc(NC(=O)c2cccs2)c([C@@H](c2ccc(Cl)cc2Cl)N2CCOCC2)c1C. The highest BCUT2D eigenvalue weighted by atomic mass is 35.5. The number of hydrogen-bond acceptors (Lipinski definition) is 5. The maximum absolute atomic E-state index is 12.8. The Balaban J connectivity index is 1.81. The van der Waals surface area contributed by atoms with E-state index in [4.69, 9.17) is 27.9 Å². The number of thiophene rings is 2. The zero-order valence-corrected chi connectivity index (χ0v) is 19.9. The third-order valence-electron chi connectivity index (χ3n) is 5.35. The fraction of sp³-hybridized carbons (Fsp3) is 0.318. The van der Waals surface area contributed by atoms with E-state index >= 15 is 0 Å². The molecule has 0 unspecified atom stereocenters. The number of aryl methyl sites for hydroxylation is 1. The molecule has 8 heteroatoms. The molecule has 0 bridgehead atoms. The smallest absolute Gasteiger partial charge is 0.266 e. The number of nitrogens with one attached hydrogen (secondary N) is 1. The Bertz CT molecular complexity index is 1040. The number of halogens is 2. The molecule has 1 fully saturated rings. The lowest BCUT2D eigenvalue weighted by Gasteiger charge is -2.36. The number of morpholine rings is 1. The minimum atomic E-state index is -0.0951. The molecule has 1 saturated heterocycles. The second-order valence-electron chi connectivity index (χ2n) is 7.17. The van der Waals surface area contributed by atoms with Crippen LogP contribution in [0, 0.1) is 13.8 Å². The van der Waals surface area contributed by atoms with Crippen LogP contribution < -0.4 is 5.32 Å². The molecular formula is C22H22Cl2N2O2S2. The second-order valence-corrected chi connectivity index (χ2v) is 10.2. The highest BCUT2D eigenvalue weighted by Gasteiger charge is 2.32. The van der Waals surface area contributed by atoms with Gasteiger partial charge in [-0.3, -0.25) is 9.69 Å². The van der Waals surface area contributed by atoms with Crippen molar-refractivity contribution in [2.45, 2.75) is 19.9 Å². The van der Waals surface area contributed by atoms with E-state index in [1.54, 1.807) is 17.4 Å². The van der Waals surface area contributed by atoms with E-state index in [0.29, 0.717) is 28.1 Å². The van der Waals surface area contributed by atoms with Crippen molar-refractivity contribution in [2.75, 3.05) is 31.6 Å². The summed E-state index contributed by atoms with van der Waals surface area (Å²) >= 11 is 15.9. The lowest BCUT2D eigenvalue weighted by Crippen LogP contribution is -2.40. The molecule has 2 aromatic heterocycles. The Kier molecular flexibility index (Phi) is 6.82. The molecule has 1 aromatic carbocycles. The Morgan fingerprint density at radius 1 is 1.20 bits per heavy atom. The highest BCUT2D eigenvalue weighted by Crippen LogP contribution is 2.44. The third-order valence-corrected chi connectivity index (χ3v) is 7.91. The molecule has 30 heavy (non-hydrogen) atoms. The Morgan fingerprint density at radius 2 is 1.97 bits per heavy atom. The third kappa shape index (κ3) is 4.44. The molecule has 4 nitrogen and oxygen atoms in total. The Hall–Kier alpha value is -1.41. The summed E-state index contributed by atoms with van der Waals surface area (Å²) in [5.74, 6) is -0.0876. The summed E-state index contributed by atoms with van der Waals surface area (Å²) in [4.78, 5) is 17.1. The van der Waals surface area contributed by atoms with Crippen molar-refractivity contribution in [1.82, 2.24) is 4.90 Å². The zero-order valence-electron chi connectivity index (χ0n) is 16.7. The number of nitrogens with zero attached hydrogens (tertiary/aromatic N) is 1. The van der Waals surface area contributed by atoms with Crippen molar-refractivity contribution in [1.29, 1.82) is 0 Å². The molecule has 1 N–H and O–H groups in total. The van der Waals surface area contributed by atoms with Gasteiger partial charge in [0.15, 0.2) is 0 Å². The van der Waals surface area contributed by atoms with Gasteiger partial charge in [-0.2, -0.15) is 0 Å². The van der Waals surface area contributed by atoms with Crippen LogP contribution in [0.4, 0.5) is 5.00 Å². The fourth-order valence-corrected chi connectivity index (χ4v) is 5.95. The van der Waals surface area contributed by atoms with Gasteiger partial charge in [-0.15, -0.1) is 22.7 Å². The van der Waals surface area contributed by atoms with E-state index < -0.39 is 0 Å². The first-order chi connectivity index (χ1) is 14.5. The van der Waals surface area contributed by atoms with Gasteiger partial charge in [-0.25, -0.2) is 0 Å². The Morgan fingerprint density at radius 3 is 2.63 bits per heavy atom. The number of benzene rings is 1. The number of anilines is 1. The summed E-state index contributed by atoms with van der Waals surface area (Å²) in [6, 6.07) is 9.27. The number of carbonyl (C=O) groups is 1. The minimum absolute atomic E-state index is 0.0876. The van der Waals surface area contributed by atoms with Gasteiger partial charge in [0.25, 0.3) is 5.91 Å². The summed E-state index contributed by atoms with van der Waals surface area (Å²) in [5.41, 5.74) is 3.24. The monoisotopic (exact) mass is 480 g/mol. The predicted molar refractivity (Wildman–Crippen MR) is 127 cm³/mol. The van der Waals surface area contributed by atoms with Gasteiger partial charge < -0.3 is 10.1 Å². The van der Waals surface area contributed by atoms with Gasteiger partial charge in [0.1, 0.15) is 5.00 Å². The van der Waals surface area contributed by atoms with Crippen LogP contribution in [0.1, 0.15) is 37.3 Å². The average molecular weight is 481 g/mol. The molecule has 1 amide bonds. The molecule has 3 heterocycles. The zero-order chi connectivity index (χ0) is 21.3. The van der Waals surface area contributed by atoms with Crippen LogP contribution in [0.3, 0.4) is 0 Å². The molecule has 158 valence electrons. The molecule has 3 aromatic rings. The molecular weight excluding hydrogens is 459 g/mol. The highest BCUT2D eigenvalue weighted by molar-refractivity contribution is 7.17. The van der Waals surface area contributed by atoms with Crippen LogP contribution >= 0.6 is 45.9 Å². The summed E-state index contributed by atoms with van der Waals surface area (Å²) in [5, 5.41) is 7.16. The van der Waals surface area contributed by atoms with Crippen molar-refractivity contribution in [3.8, 4) is 0 Å². The van der Waals surface area contributed by atoms with Crippen LogP contribution in [0.5, 0.6) is 0 Å². The quantitative estimate of drug-likeness (QED) is 0.458. The first-order valence-corrected chi connectivity index (χ1v) is 12.1. The van der Waals surface area contributed by atoms with Crippen molar-refractivity contribution >= 4 is 56.8 Å². The standard InChI is InChI=1S/C22H22Cl2N2O2S2/c1-13-14(2)30-22(25-21(27)18-4-3-11-29-18)19(13)20(26-7-9-28-10-8-26)16-6-5-15(23)12-17(16)24/h3-6,11-12,20H,7-10H2,1-2H3,(H,25,27)/t20-/m1/s1. The summed E-state index contributed by atoms with van der Waals surface area (Å²) < 4.78 is 5.59. The van der Waals surface area contributed by atoms with Gasteiger partial charge in [-0.05, 0) is 48.6 Å². The molecule has 1 aliphatic rings. The lowest BCUT2D eigenvalue weighted by atomic mass is 9.94. The molecule has 0 aliphatic carbocycles. The number of ether oxygens (including phenoxy) is 1. The average Bonchev–Trinajstić information content (AvgIpc) is 3.35. The number of hydrogen-bond donors (Lipinski definition) is 1. The van der Waals surface area contributed by atoms with E-state index in [1.807, 2.05) is 29.6 Å². The van der Waals surface area contributed by atoms with Crippen LogP contribution in [-0.4, -0.2) is 37.1 Å². The number of rotatable bonds is 5. The van der Waals surface area contributed by atoms with Gasteiger partial charge in [0, 0.05) is 33.6 Å². The van der Waals surface area contributed by atoms with Gasteiger partial charge in [0.2, 0.25) is 0 Å².